The van der Waals surface area contributed by atoms with Gasteiger partial charge in [0.2, 0.25) is 0 Å². The molecule has 0 amide bonds. The summed E-state index contributed by atoms with van der Waals surface area (Å²) in [5.74, 6) is 2.85. The van der Waals surface area contributed by atoms with Crippen LogP contribution in [0.5, 0.6) is 0 Å². The maximum Gasteiger partial charge on any atom is 0.0851 e. The van der Waals surface area contributed by atoms with Crippen molar-refractivity contribution in [3.63, 3.8) is 0 Å². The molecule has 0 heterocycles. The molecule has 0 rings (SSSR count). The summed E-state index contributed by atoms with van der Waals surface area (Å²) in [6, 6.07) is 0. The highest BCUT2D eigenvalue weighted by atomic mass is 16.3. The molecular formula is C9H14O. The highest BCUT2D eigenvalue weighted by molar-refractivity contribution is 4.83. The van der Waals surface area contributed by atoms with Crippen LogP contribution in [-0.2, 0) is 0 Å². The van der Waals surface area contributed by atoms with Crippen molar-refractivity contribution in [2.24, 2.45) is 0 Å². The van der Waals surface area contributed by atoms with Gasteiger partial charge in [0, 0.05) is 12.8 Å². The van der Waals surface area contributed by atoms with E-state index in [9.17, 15) is 0 Å². The van der Waals surface area contributed by atoms with Crippen LogP contribution in [0.2, 0.25) is 0 Å². The third kappa shape index (κ3) is 7.10. The summed E-state index contributed by atoms with van der Waals surface area (Å²) in [5, 5.41) is 8.67. The summed E-state index contributed by atoms with van der Waals surface area (Å²) < 4.78 is 0. The standard InChI is InChI=1S/C9H14O/c1-3-4-5-6-7-8-9(2)10/h1,10H,2,4-8H2. The molecule has 0 atom stereocenters. The third-order valence-electron chi connectivity index (χ3n) is 1.29. The van der Waals surface area contributed by atoms with Crippen LogP contribution < -0.4 is 0 Å². The van der Waals surface area contributed by atoms with Crippen LogP contribution in [-0.4, -0.2) is 5.11 Å². The largest absolute Gasteiger partial charge is 0.513 e. The van der Waals surface area contributed by atoms with Gasteiger partial charge in [-0.3, -0.25) is 0 Å². The van der Waals surface area contributed by atoms with Gasteiger partial charge in [0.1, 0.15) is 0 Å². The molecule has 0 saturated carbocycles. The highest BCUT2D eigenvalue weighted by Gasteiger charge is 1.89. The molecule has 0 aliphatic rings. The van der Waals surface area contributed by atoms with Gasteiger partial charge in [-0.15, -0.1) is 12.3 Å². The van der Waals surface area contributed by atoms with Gasteiger partial charge in [-0.05, 0) is 12.8 Å². The quantitative estimate of drug-likeness (QED) is 0.352. The van der Waals surface area contributed by atoms with E-state index in [-0.39, 0.29) is 5.76 Å². The first-order chi connectivity index (χ1) is 4.77. The molecule has 0 aromatic rings. The lowest BCUT2D eigenvalue weighted by Crippen LogP contribution is -1.80. The minimum atomic E-state index is 0.278. The molecular weight excluding hydrogens is 124 g/mol. The summed E-state index contributed by atoms with van der Waals surface area (Å²) in [7, 11) is 0. The number of terminal acetylenes is 1. The molecule has 10 heavy (non-hydrogen) atoms. The van der Waals surface area contributed by atoms with Gasteiger partial charge in [0.15, 0.2) is 0 Å². The Morgan fingerprint density at radius 3 is 2.60 bits per heavy atom. The molecule has 0 bridgehead atoms. The minimum absolute atomic E-state index is 0.278. The molecule has 1 nitrogen and oxygen atoms in total. The molecule has 0 unspecified atom stereocenters. The summed E-state index contributed by atoms with van der Waals surface area (Å²) in [6.07, 6.45) is 9.76. The van der Waals surface area contributed by atoms with Crippen molar-refractivity contribution in [1.29, 1.82) is 0 Å². The Hall–Kier alpha value is -0.900. The Morgan fingerprint density at radius 1 is 1.40 bits per heavy atom. The maximum atomic E-state index is 8.67. The molecule has 0 saturated heterocycles. The smallest absolute Gasteiger partial charge is 0.0851 e. The number of unbranched alkanes of at least 4 members (excludes halogenated alkanes) is 3. The average molecular weight is 138 g/mol. The molecule has 0 spiro atoms. The van der Waals surface area contributed by atoms with E-state index < -0.39 is 0 Å². The Kier molecular flexibility index (Phi) is 5.66. The van der Waals surface area contributed by atoms with Crippen molar-refractivity contribution < 1.29 is 5.11 Å². The summed E-state index contributed by atoms with van der Waals surface area (Å²) in [5.41, 5.74) is 0. The third-order valence-corrected chi connectivity index (χ3v) is 1.29. The zero-order valence-electron chi connectivity index (χ0n) is 6.27. The van der Waals surface area contributed by atoms with E-state index in [2.05, 4.69) is 12.5 Å². The highest BCUT2D eigenvalue weighted by Crippen LogP contribution is 2.05. The molecule has 0 fully saturated rings. The van der Waals surface area contributed by atoms with Gasteiger partial charge in [0.05, 0.1) is 5.76 Å². The number of hydrogen-bond donors (Lipinski definition) is 1. The zero-order chi connectivity index (χ0) is 7.82. The maximum absolute atomic E-state index is 8.67. The first kappa shape index (κ1) is 9.10. The Labute approximate surface area is 62.8 Å². The zero-order valence-corrected chi connectivity index (χ0v) is 6.27. The van der Waals surface area contributed by atoms with E-state index in [1.165, 1.54) is 0 Å². The average Bonchev–Trinajstić information content (AvgIpc) is 1.87. The molecule has 0 aliphatic carbocycles. The van der Waals surface area contributed by atoms with E-state index in [1.54, 1.807) is 0 Å². The van der Waals surface area contributed by atoms with Gasteiger partial charge in [-0.1, -0.05) is 13.0 Å². The van der Waals surface area contributed by atoms with Crippen molar-refractivity contribution >= 4 is 0 Å². The van der Waals surface area contributed by atoms with E-state index in [0.29, 0.717) is 6.42 Å². The molecule has 0 radical (unpaired) electrons. The number of aliphatic hydroxyl groups is 1. The second-order valence-electron chi connectivity index (χ2n) is 2.33. The van der Waals surface area contributed by atoms with Gasteiger partial charge in [-0.25, -0.2) is 0 Å². The molecule has 56 valence electrons. The Bertz CT molecular complexity index is 130. The monoisotopic (exact) mass is 138 g/mol. The molecule has 0 aliphatic heterocycles. The number of hydrogen-bond acceptors (Lipinski definition) is 1. The predicted molar refractivity (Wildman–Crippen MR) is 43.7 cm³/mol. The predicted octanol–water partition coefficient (Wildman–Crippen LogP) is 2.64. The second kappa shape index (κ2) is 6.22. The lowest BCUT2D eigenvalue weighted by Gasteiger charge is -1.95. The summed E-state index contributed by atoms with van der Waals surface area (Å²) in [4.78, 5) is 0. The minimum Gasteiger partial charge on any atom is -0.513 e. The Balaban J connectivity index is 2.92. The van der Waals surface area contributed by atoms with Gasteiger partial charge in [0.25, 0.3) is 0 Å². The second-order valence-corrected chi connectivity index (χ2v) is 2.33. The van der Waals surface area contributed by atoms with Crippen LogP contribution in [0.3, 0.4) is 0 Å². The van der Waals surface area contributed by atoms with E-state index >= 15 is 0 Å². The fourth-order valence-corrected chi connectivity index (χ4v) is 0.733. The normalized spacial score (nSPS) is 8.70. The first-order valence-corrected chi connectivity index (χ1v) is 3.57. The van der Waals surface area contributed by atoms with Gasteiger partial charge in [-0.2, -0.15) is 0 Å². The van der Waals surface area contributed by atoms with Crippen molar-refractivity contribution in [2.45, 2.75) is 32.1 Å². The topological polar surface area (TPSA) is 20.2 Å². The molecule has 1 N–H and O–H groups in total. The fraction of sp³-hybridized carbons (Fsp3) is 0.556. The van der Waals surface area contributed by atoms with Gasteiger partial charge >= 0.3 is 0 Å². The first-order valence-electron chi connectivity index (χ1n) is 3.57. The van der Waals surface area contributed by atoms with Crippen molar-refractivity contribution in [2.75, 3.05) is 0 Å². The lowest BCUT2D eigenvalue weighted by atomic mass is 10.1. The lowest BCUT2D eigenvalue weighted by molar-refractivity contribution is 0.384. The van der Waals surface area contributed by atoms with Crippen LogP contribution in [0.15, 0.2) is 12.3 Å². The van der Waals surface area contributed by atoms with E-state index in [0.717, 1.165) is 25.7 Å². The van der Waals surface area contributed by atoms with Crippen LogP contribution in [0.1, 0.15) is 32.1 Å². The summed E-state index contributed by atoms with van der Waals surface area (Å²) >= 11 is 0. The van der Waals surface area contributed by atoms with Crippen molar-refractivity contribution in [3.8, 4) is 12.3 Å². The van der Waals surface area contributed by atoms with E-state index in [4.69, 9.17) is 11.5 Å². The Morgan fingerprint density at radius 2 is 2.10 bits per heavy atom. The molecule has 0 aromatic heterocycles. The van der Waals surface area contributed by atoms with Gasteiger partial charge < -0.3 is 5.11 Å². The van der Waals surface area contributed by atoms with Crippen LogP contribution in [0.25, 0.3) is 0 Å². The van der Waals surface area contributed by atoms with Crippen LogP contribution in [0.4, 0.5) is 0 Å². The van der Waals surface area contributed by atoms with Crippen LogP contribution in [0, 0.1) is 12.3 Å². The van der Waals surface area contributed by atoms with Crippen LogP contribution >= 0.6 is 0 Å². The number of aliphatic hydroxyl groups excluding tert-OH is 1. The fourth-order valence-electron chi connectivity index (χ4n) is 0.733. The SMILES string of the molecule is C#CCCCCCC(=C)O. The molecule has 0 aromatic carbocycles. The van der Waals surface area contributed by atoms with Crippen molar-refractivity contribution in [1.82, 2.24) is 0 Å². The van der Waals surface area contributed by atoms with E-state index in [1.807, 2.05) is 0 Å². The molecule has 1 heteroatoms. The number of rotatable bonds is 5. The number of allylic oxidation sites excluding steroid dienone is 1. The summed E-state index contributed by atoms with van der Waals surface area (Å²) in [6.45, 7) is 3.39. The van der Waals surface area contributed by atoms with Crippen molar-refractivity contribution in [3.05, 3.63) is 12.3 Å².